The Bertz CT molecular complexity index is 1360. The van der Waals surface area contributed by atoms with Crippen LogP contribution in [0.15, 0.2) is 65.1 Å². The number of hydrogen-bond acceptors (Lipinski definition) is 5. The molecule has 2 N–H and O–H groups in total. The summed E-state index contributed by atoms with van der Waals surface area (Å²) < 4.78 is 11.5. The maximum absolute atomic E-state index is 12.2. The first-order valence-corrected chi connectivity index (χ1v) is 12.0. The van der Waals surface area contributed by atoms with Crippen molar-refractivity contribution in [1.29, 1.82) is 0 Å². The molecule has 0 saturated carbocycles. The summed E-state index contributed by atoms with van der Waals surface area (Å²) in [6, 6.07) is 19.7. The monoisotopic (exact) mass is 487 g/mol. The van der Waals surface area contributed by atoms with Crippen LogP contribution in [0.2, 0.25) is 0 Å². The zero-order chi connectivity index (χ0) is 24.9. The van der Waals surface area contributed by atoms with Crippen molar-refractivity contribution >= 4 is 40.0 Å². The molecule has 35 heavy (non-hydrogen) atoms. The summed E-state index contributed by atoms with van der Waals surface area (Å²) in [6.45, 7) is 8.17. The molecule has 1 heterocycles. The van der Waals surface area contributed by atoms with Crippen molar-refractivity contribution in [3.63, 3.8) is 0 Å². The van der Waals surface area contributed by atoms with Crippen molar-refractivity contribution in [3.8, 4) is 5.75 Å². The molecule has 1 amide bonds. The number of anilines is 1. The number of nitrogens with zero attached hydrogens (tertiary/aromatic N) is 1. The first-order valence-electron chi connectivity index (χ1n) is 11.6. The van der Waals surface area contributed by atoms with E-state index in [1.807, 2.05) is 62.4 Å². The van der Waals surface area contributed by atoms with E-state index in [1.54, 1.807) is 0 Å². The average Bonchev–Trinajstić information content (AvgIpc) is 3.22. The number of thiocarbonyl (C=S) groups is 1. The number of carbonyl (C=O) groups is 1. The van der Waals surface area contributed by atoms with Gasteiger partial charge in [0.15, 0.2) is 23.2 Å². The maximum Gasteiger partial charge on any atom is 0.264 e. The summed E-state index contributed by atoms with van der Waals surface area (Å²) in [5, 5.41) is 5.89. The van der Waals surface area contributed by atoms with Crippen molar-refractivity contribution in [1.82, 2.24) is 10.3 Å². The lowest BCUT2D eigenvalue weighted by Crippen LogP contribution is -2.37. The summed E-state index contributed by atoms with van der Waals surface area (Å²) in [5.41, 5.74) is 6.88. The quantitative estimate of drug-likeness (QED) is 0.309. The molecule has 0 unspecified atom stereocenters. The molecule has 0 saturated heterocycles. The molecule has 0 aliphatic heterocycles. The highest BCUT2D eigenvalue weighted by atomic mass is 32.1. The second kappa shape index (κ2) is 10.7. The van der Waals surface area contributed by atoms with Crippen LogP contribution in [-0.2, 0) is 11.2 Å². The van der Waals surface area contributed by atoms with Crippen LogP contribution in [0.1, 0.15) is 47.9 Å². The molecule has 4 rings (SSSR count). The summed E-state index contributed by atoms with van der Waals surface area (Å²) >= 11 is 5.27. The minimum absolute atomic E-state index is 0.117. The molecule has 7 heteroatoms. The van der Waals surface area contributed by atoms with Gasteiger partial charge in [-0.2, -0.15) is 0 Å². The average molecular weight is 488 g/mol. The number of benzene rings is 3. The Kier molecular flexibility index (Phi) is 7.46. The zero-order valence-electron chi connectivity index (χ0n) is 20.3. The molecule has 4 aromatic rings. The molecule has 6 nitrogen and oxygen atoms in total. The van der Waals surface area contributed by atoms with Gasteiger partial charge in [0.2, 0.25) is 0 Å². The highest BCUT2D eigenvalue weighted by molar-refractivity contribution is 7.80. The fourth-order valence-corrected chi connectivity index (χ4v) is 3.89. The van der Waals surface area contributed by atoms with Crippen molar-refractivity contribution in [2.45, 2.75) is 40.0 Å². The molecule has 0 aliphatic rings. The van der Waals surface area contributed by atoms with Crippen LogP contribution in [-0.4, -0.2) is 22.6 Å². The van der Waals surface area contributed by atoms with Crippen LogP contribution in [0.25, 0.3) is 11.1 Å². The van der Waals surface area contributed by atoms with Gasteiger partial charge in [0, 0.05) is 12.1 Å². The molecule has 0 spiro atoms. The van der Waals surface area contributed by atoms with Crippen LogP contribution in [0.3, 0.4) is 0 Å². The number of aryl methyl sites for hydroxylation is 1. The zero-order valence-corrected chi connectivity index (χ0v) is 21.2. The number of fused-ring (bicyclic) bond motifs is 1. The molecule has 0 fully saturated rings. The van der Waals surface area contributed by atoms with E-state index < -0.39 is 0 Å². The van der Waals surface area contributed by atoms with Gasteiger partial charge >= 0.3 is 0 Å². The lowest BCUT2D eigenvalue weighted by molar-refractivity contribution is -0.121. The fraction of sp³-hybridized carbons (Fsp3) is 0.250. The molecule has 3 aromatic carbocycles. The Balaban J connectivity index is 1.29. The number of hydrogen-bond donors (Lipinski definition) is 2. The van der Waals surface area contributed by atoms with Gasteiger partial charge < -0.3 is 14.5 Å². The Morgan fingerprint density at radius 3 is 2.60 bits per heavy atom. The Hall–Kier alpha value is -3.71. The Labute approximate surface area is 210 Å². The number of carbonyl (C=O) groups excluding carboxylic acids is 1. The van der Waals surface area contributed by atoms with Crippen molar-refractivity contribution in [2.24, 2.45) is 0 Å². The summed E-state index contributed by atoms with van der Waals surface area (Å²) in [4.78, 5) is 16.9. The van der Waals surface area contributed by atoms with E-state index in [0.29, 0.717) is 24.0 Å². The smallest absolute Gasteiger partial charge is 0.264 e. The minimum Gasteiger partial charge on any atom is -0.483 e. The largest absolute Gasteiger partial charge is 0.483 e. The number of aromatic nitrogens is 1. The Morgan fingerprint density at radius 1 is 1.09 bits per heavy atom. The van der Waals surface area contributed by atoms with E-state index in [1.165, 1.54) is 5.56 Å². The molecular formula is C28H29N3O3S. The van der Waals surface area contributed by atoms with E-state index in [9.17, 15) is 4.79 Å². The highest BCUT2D eigenvalue weighted by Gasteiger charge is 2.11. The molecule has 1 aromatic heterocycles. The molecule has 0 aliphatic carbocycles. The summed E-state index contributed by atoms with van der Waals surface area (Å²) in [5.74, 6) is 1.49. The van der Waals surface area contributed by atoms with Gasteiger partial charge in [-0.15, -0.1) is 0 Å². The fourth-order valence-electron chi connectivity index (χ4n) is 3.66. The predicted octanol–water partition coefficient (Wildman–Crippen LogP) is 6.05. The van der Waals surface area contributed by atoms with Crippen molar-refractivity contribution in [3.05, 3.63) is 88.8 Å². The van der Waals surface area contributed by atoms with Gasteiger partial charge in [0.1, 0.15) is 11.3 Å². The predicted molar refractivity (Wildman–Crippen MR) is 143 cm³/mol. The van der Waals surface area contributed by atoms with Crippen molar-refractivity contribution in [2.75, 3.05) is 11.9 Å². The first-order chi connectivity index (χ1) is 16.8. The van der Waals surface area contributed by atoms with Crippen LogP contribution < -0.4 is 15.4 Å². The Morgan fingerprint density at radius 2 is 1.86 bits per heavy atom. The third-order valence-electron chi connectivity index (χ3n) is 5.86. The summed E-state index contributed by atoms with van der Waals surface area (Å²) in [7, 11) is 0. The SMILES string of the molecule is Cc1cccc(OCC(=O)NC(=S)Nc2ccc(Cc3nc4cc(C(C)C)ccc4o3)cc2)c1C. The van der Waals surface area contributed by atoms with Gasteiger partial charge in [-0.25, -0.2) is 4.98 Å². The molecular weight excluding hydrogens is 458 g/mol. The van der Waals surface area contributed by atoms with Crippen LogP contribution >= 0.6 is 12.2 Å². The third-order valence-corrected chi connectivity index (χ3v) is 6.06. The number of rotatable bonds is 7. The van der Waals surface area contributed by atoms with E-state index >= 15 is 0 Å². The molecule has 0 atom stereocenters. The van der Waals surface area contributed by atoms with E-state index in [-0.39, 0.29) is 17.6 Å². The van der Waals surface area contributed by atoms with Gasteiger partial charge in [0.25, 0.3) is 5.91 Å². The number of nitrogens with one attached hydrogen (secondary N) is 2. The lowest BCUT2D eigenvalue weighted by Gasteiger charge is -2.12. The molecule has 180 valence electrons. The van der Waals surface area contributed by atoms with Crippen LogP contribution in [0, 0.1) is 13.8 Å². The number of oxazole rings is 1. The van der Waals surface area contributed by atoms with E-state index in [4.69, 9.17) is 21.4 Å². The van der Waals surface area contributed by atoms with Gasteiger partial charge in [-0.3, -0.25) is 10.1 Å². The van der Waals surface area contributed by atoms with Gasteiger partial charge in [-0.1, -0.05) is 44.2 Å². The first kappa shape index (κ1) is 24.4. The number of amides is 1. The van der Waals surface area contributed by atoms with E-state index in [0.717, 1.165) is 33.5 Å². The number of ether oxygens (including phenoxy) is 1. The van der Waals surface area contributed by atoms with Gasteiger partial charge in [-0.05, 0) is 84.6 Å². The second-order valence-corrected chi connectivity index (χ2v) is 9.26. The lowest BCUT2D eigenvalue weighted by atomic mass is 10.0. The maximum atomic E-state index is 12.2. The molecule has 0 radical (unpaired) electrons. The standard InChI is InChI=1S/C28H29N3O3S/c1-17(2)21-10-13-25-23(15-21)30-27(34-25)14-20-8-11-22(12-9-20)29-28(35)31-26(32)16-33-24-7-5-6-18(3)19(24)4/h5-13,15,17H,14,16H2,1-4H3,(H2,29,31,32,35). The van der Waals surface area contributed by atoms with Crippen molar-refractivity contribution < 1.29 is 13.9 Å². The van der Waals surface area contributed by atoms with Crippen LogP contribution in [0.4, 0.5) is 5.69 Å². The minimum atomic E-state index is -0.323. The second-order valence-electron chi connectivity index (χ2n) is 8.85. The highest BCUT2D eigenvalue weighted by Crippen LogP contribution is 2.23. The van der Waals surface area contributed by atoms with E-state index in [2.05, 4.69) is 41.6 Å². The summed E-state index contributed by atoms with van der Waals surface area (Å²) in [6.07, 6.45) is 0.586. The normalized spacial score (nSPS) is 11.0. The third kappa shape index (κ3) is 6.25. The van der Waals surface area contributed by atoms with Gasteiger partial charge in [0.05, 0.1) is 0 Å². The topological polar surface area (TPSA) is 76.4 Å². The van der Waals surface area contributed by atoms with Crippen LogP contribution in [0.5, 0.6) is 5.75 Å². The molecule has 0 bridgehead atoms.